The molecule has 0 saturated carbocycles. The highest BCUT2D eigenvalue weighted by Crippen LogP contribution is 2.28. The minimum Gasteiger partial charge on any atom is -0.491 e. The Kier molecular flexibility index (Phi) is 6.54. The minimum absolute atomic E-state index is 0.132. The molecule has 3 aromatic carbocycles. The Morgan fingerprint density at radius 2 is 1.67 bits per heavy atom. The summed E-state index contributed by atoms with van der Waals surface area (Å²) in [6, 6.07) is 19.5. The van der Waals surface area contributed by atoms with Crippen molar-refractivity contribution >= 4 is 57.5 Å². The van der Waals surface area contributed by atoms with E-state index in [-0.39, 0.29) is 5.56 Å². The number of thioether (sulfide) groups is 1. The maximum atomic E-state index is 13.2. The second-order valence-electron chi connectivity index (χ2n) is 6.30. The monoisotopic (exact) mass is 476 g/mol. The van der Waals surface area contributed by atoms with Gasteiger partial charge in [-0.05, 0) is 54.6 Å². The van der Waals surface area contributed by atoms with Crippen molar-refractivity contribution in [2.24, 2.45) is 0 Å². The van der Waals surface area contributed by atoms with Crippen LogP contribution in [0, 0.1) is 0 Å². The number of hydrogen-bond donors (Lipinski definition) is 0. The molecule has 0 unspecified atom stereocenters. The topological polar surface area (TPSA) is 44.1 Å². The van der Waals surface area contributed by atoms with Crippen LogP contribution in [0.2, 0.25) is 15.1 Å². The number of rotatable bonds is 6. The molecular formula is C22H15Cl3N2O2S. The lowest BCUT2D eigenvalue weighted by atomic mass is 10.2. The third-order valence-electron chi connectivity index (χ3n) is 4.30. The number of ether oxygens (including phenoxy) is 1. The molecule has 152 valence electrons. The smallest absolute Gasteiger partial charge is 0.266 e. The van der Waals surface area contributed by atoms with Crippen LogP contribution in [0.5, 0.6) is 5.75 Å². The van der Waals surface area contributed by atoms with Gasteiger partial charge in [-0.15, -0.1) is 0 Å². The number of halogens is 3. The average Bonchev–Trinajstić information content (AvgIpc) is 2.74. The van der Waals surface area contributed by atoms with Crippen LogP contribution < -0.4 is 10.3 Å². The van der Waals surface area contributed by atoms with Crippen molar-refractivity contribution in [3.05, 3.63) is 92.2 Å². The highest BCUT2D eigenvalue weighted by Gasteiger charge is 2.13. The van der Waals surface area contributed by atoms with Gasteiger partial charge in [-0.3, -0.25) is 9.36 Å². The molecule has 30 heavy (non-hydrogen) atoms. The summed E-state index contributed by atoms with van der Waals surface area (Å²) in [5.74, 6) is 1.13. The minimum atomic E-state index is -0.132. The van der Waals surface area contributed by atoms with Gasteiger partial charge in [0.1, 0.15) is 5.75 Å². The average molecular weight is 478 g/mol. The maximum Gasteiger partial charge on any atom is 0.266 e. The molecule has 4 aromatic rings. The Labute approximate surface area is 192 Å². The molecule has 0 N–H and O–H groups in total. The number of aromatic nitrogens is 2. The summed E-state index contributed by atoms with van der Waals surface area (Å²) < 4.78 is 7.34. The Balaban J connectivity index is 1.61. The standard InChI is InChI=1S/C22H15Cl3N2O2S/c23-14-5-8-16(9-6-14)27-21(28)17-3-1-2-4-19(17)26-22(27)30-12-11-29-20-10-7-15(24)13-18(20)25/h1-10,13H,11-12H2. The Morgan fingerprint density at radius 1 is 0.933 bits per heavy atom. The zero-order chi connectivity index (χ0) is 21.1. The van der Waals surface area contributed by atoms with E-state index in [1.807, 2.05) is 18.2 Å². The number of fused-ring (bicyclic) bond motifs is 1. The summed E-state index contributed by atoms with van der Waals surface area (Å²) >= 11 is 19.5. The fourth-order valence-electron chi connectivity index (χ4n) is 2.90. The van der Waals surface area contributed by atoms with Crippen LogP contribution in [-0.2, 0) is 0 Å². The van der Waals surface area contributed by atoms with Gasteiger partial charge in [-0.1, -0.05) is 58.7 Å². The third kappa shape index (κ3) is 4.60. The van der Waals surface area contributed by atoms with Crippen molar-refractivity contribution < 1.29 is 4.74 Å². The summed E-state index contributed by atoms with van der Waals surface area (Å²) in [4.78, 5) is 17.9. The van der Waals surface area contributed by atoms with Crippen molar-refractivity contribution in [3.63, 3.8) is 0 Å². The maximum absolute atomic E-state index is 13.2. The summed E-state index contributed by atoms with van der Waals surface area (Å²) in [6.45, 7) is 0.384. The Hall–Kier alpha value is -2.18. The van der Waals surface area contributed by atoms with Gasteiger partial charge in [-0.25, -0.2) is 4.98 Å². The first-order valence-electron chi connectivity index (χ1n) is 9.01. The van der Waals surface area contributed by atoms with E-state index in [1.165, 1.54) is 11.8 Å². The van der Waals surface area contributed by atoms with Gasteiger partial charge in [0.25, 0.3) is 5.56 Å². The van der Waals surface area contributed by atoms with Gasteiger partial charge in [0, 0.05) is 15.8 Å². The zero-order valence-electron chi connectivity index (χ0n) is 15.5. The number of nitrogens with zero attached hydrogens (tertiary/aromatic N) is 2. The van der Waals surface area contributed by atoms with Crippen molar-refractivity contribution in [1.29, 1.82) is 0 Å². The van der Waals surface area contributed by atoms with Gasteiger partial charge in [0.2, 0.25) is 0 Å². The molecule has 0 atom stereocenters. The Morgan fingerprint density at radius 3 is 2.43 bits per heavy atom. The SMILES string of the molecule is O=c1c2ccccc2nc(SCCOc2ccc(Cl)cc2Cl)n1-c1ccc(Cl)cc1. The van der Waals surface area contributed by atoms with Gasteiger partial charge in [0.15, 0.2) is 5.16 Å². The molecule has 4 rings (SSSR count). The molecular weight excluding hydrogens is 463 g/mol. The van der Waals surface area contributed by atoms with Crippen molar-refractivity contribution in [3.8, 4) is 11.4 Å². The molecule has 0 amide bonds. The van der Waals surface area contributed by atoms with Crippen molar-refractivity contribution in [2.45, 2.75) is 5.16 Å². The van der Waals surface area contributed by atoms with Gasteiger partial charge in [-0.2, -0.15) is 0 Å². The van der Waals surface area contributed by atoms with E-state index in [4.69, 9.17) is 44.5 Å². The van der Waals surface area contributed by atoms with Gasteiger partial charge in [0.05, 0.1) is 28.2 Å². The summed E-state index contributed by atoms with van der Waals surface area (Å²) in [5.41, 5.74) is 1.22. The van der Waals surface area contributed by atoms with E-state index in [0.717, 1.165) is 0 Å². The lowest BCUT2D eigenvalue weighted by molar-refractivity contribution is 0.344. The molecule has 0 aliphatic rings. The third-order valence-corrected chi connectivity index (χ3v) is 5.98. The Bertz CT molecular complexity index is 1260. The molecule has 0 spiro atoms. The van der Waals surface area contributed by atoms with Crippen LogP contribution in [-0.4, -0.2) is 21.9 Å². The molecule has 0 saturated heterocycles. The molecule has 0 radical (unpaired) electrons. The second-order valence-corrected chi connectivity index (χ2v) is 8.64. The number of para-hydroxylation sites is 1. The highest BCUT2D eigenvalue weighted by molar-refractivity contribution is 7.99. The van der Waals surface area contributed by atoms with E-state index in [0.29, 0.717) is 54.9 Å². The predicted octanol–water partition coefficient (Wildman–Crippen LogP) is 6.52. The summed E-state index contributed by atoms with van der Waals surface area (Å²) in [5, 5.41) is 2.74. The summed E-state index contributed by atoms with van der Waals surface area (Å²) in [6.07, 6.45) is 0. The van der Waals surface area contributed by atoms with Crippen LogP contribution in [0.15, 0.2) is 76.7 Å². The molecule has 0 fully saturated rings. The van der Waals surface area contributed by atoms with E-state index < -0.39 is 0 Å². The molecule has 1 aromatic heterocycles. The van der Waals surface area contributed by atoms with Crippen LogP contribution in [0.4, 0.5) is 0 Å². The number of hydrogen-bond acceptors (Lipinski definition) is 4. The number of benzene rings is 3. The first kappa shape index (κ1) is 21.1. The van der Waals surface area contributed by atoms with E-state index in [9.17, 15) is 4.79 Å². The van der Waals surface area contributed by atoms with E-state index in [1.54, 1.807) is 53.1 Å². The molecule has 0 bridgehead atoms. The molecule has 0 aliphatic carbocycles. The second kappa shape index (κ2) is 9.31. The molecule has 0 aliphatic heterocycles. The quantitative estimate of drug-likeness (QED) is 0.180. The fraction of sp³-hybridized carbons (Fsp3) is 0.0909. The van der Waals surface area contributed by atoms with Crippen LogP contribution in [0.25, 0.3) is 16.6 Å². The predicted molar refractivity (Wildman–Crippen MR) is 125 cm³/mol. The zero-order valence-corrected chi connectivity index (χ0v) is 18.6. The largest absolute Gasteiger partial charge is 0.491 e. The van der Waals surface area contributed by atoms with Crippen molar-refractivity contribution in [1.82, 2.24) is 9.55 Å². The molecule has 4 nitrogen and oxygen atoms in total. The van der Waals surface area contributed by atoms with Gasteiger partial charge >= 0.3 is 0 Å². The molecule has 8 heteroatoms. The van der Waals surface area contributed by atoms with Crippen LogP contribution in [0.1, 0.15) is 0 Å². The molecule has 1 heterocycles. The lowest BCUT2D eigenvalue weighted by Crippen LogP contribution is -2.22. The lowest BCUT2D eigenvalue weighted by Gasteiger charge is -2.14. The van der Waals surface area contributed by atoms with Crippen molar-refractivity contribution in [2.75, 3.05) is 12.4 Å². The summed E-state index contributed by atoms with van der Waals surface area (Å²) in [7, 11) is 0. The van der Waals surface area contributed by atoms with Gasteiger partial charge < -0.3 is 4.74 Å². The first-order valence-corrected chi connectivity index (χ1v) is 11.1. The van der Waals surface area contributed by atoms with Crippen LogP contribution in [0.3, 0.4) is 0 Å². The normalized spacial score (nSPS) is 11.0. The fourth-order valence-corrected chi connectivity index (χ4v) is 4.32. The van der Waals surface area contributed by atoms with E-state index >= 15 is 0 Å². The highest BCUT2D eigenvalue weighted by atomic mass is 35.5. The van der Waals surface area contributed by atoms with E-state index in [2.05, 4.69) is 0 Å². The van der Waals surface area contributed by atoms with Crippen LogP contribution >= 0.6 is 46.6 Å². The first-order chi connectivity index (χ1) is 14.5.